The number of aromatic nitrogens is 3. The summed E-state index contributed by atoms with van der Waals surface area (Å²) in [6.07, 6.45) is -5.87. The lowest BCUT2D eigenvalue weighted by atomic mass is 9.96. The first-order chi connectivity index (χ1) is 38.0. The van der Waals surface area contributed by atoms with Crippen molar-refractivity contribution in [2.75, 3.05) is 63.8 Å². The summed E-state index contributed by atoms with van der Waals surface area (Å²) in [5.74, 6) is -4.03. The van der Waals surface area contributed by atoms with Crippen LogP contribution in [0, 0.1) is 0 Å². The highest BCUT2D eigenvalue weighted by atomic mass is 79.9. The summed E-state index contributed by atoms with van der Waals surface area (Å²) >= 11 is 3.48. The van der Waals surface area contributed by atoms with Gasteiger partial charge >= 0.3 is 17.9 Å². The van der Waals surface area contributed by atoms with Crippen molar-refractivity contribution in [3.05, 3.63) is 102 Å². The van der Waals surface area contributed by atoms with Gasteiger partial charge in [0.2, 0.25) is 11.8 Å². The Kier molecular flexibility index (Phi) is 22.1. The van der Waals surface area contributed by atoms with Crippen LogP contribution in [0.1, 0.15) is 50.7 Å². The summed E-state index contributed by atoms with van der Waals surface area (Å²) in [5.41, 5.74) is 3.70. The number of benzene rings is 4. The quantitative estimate of drug-likeness (QED) is 0.00919. The molecule has 5 N–H and O–H groups in total. The second kappa shape index (κ2) is 28.6. The number of hydrogen-bond acceptors (Lipinski definition) is 21. The van der Waals surface area contributed by atoms with Crippen LogP contribution in [0.5, 0.6) is 0 Å². The van der Waals surface area contributed by atoms with Crippen molar-refractivity contribution in [3.63, 3.8) is 0 Å². The molecule has 5 aromatic rings. The van der Waals surface area contributed by atoms with Crippen LogP contribution in [-0.2, 0) is 80.3 Å². The average Bonchev–Trinajstić information content (AvgIpc) is 3.98. The first-order valence-electron chi connectivity index (χ1n) is 24.9. The molecule has 6 rings (SSSR count). The molecular weight excluding hydrogens is 1130 g/mol. The van der Waals surface area contributed by atoms with Gasteiger partial charge in [-0.25, -0.2) is 4.68 Å². The molecule has 7 atom stereocenters. The molecule has 0 bridgehead atoms. The molecule has 0 saturated carbocycles. The van der Waals surface area contributed by atoms with E-state index < -0.39 is 87.7 Å². The van der Waals surface area contributed by atoms with Crippen molar-refractivity contribution in [2.45, 2.75) is 93.9 Å². The van der Waals surface area contributed by atoms with Gasteiger partial charge in [-0.15, -0.1) is 5.10 Å². The van der Waals surface area contributed by atoms with E-state index in [2.05, 4.69) is 57.7 Å². The molecule has 28 heteroatoms. The summed E-state index contributed by atoms with van der Waals surface area (Å²) in [6, 6.07) is 22.1. The van der Waals surface area contributed by atoms with Crippen LogP contribution in [-0.4, -0.2) is 158 Å². The average molecular weight is 1200 g/mol. The van der Waals surface area contributed by atoms with Crippen LogP contribution in [0.15, 0.2) is 106 Å². The highest BCUT2D eigenvalue weighted by molar-refractivity contribution is 9.10. The Morgan fingerprint density at radius 3 is 2.11 bits per heavy atom. The zero-order chi connectivity index (χ0) is 58.1. The number of nitrogens with zero attached hydrogens (tertiary/aromatic N) is 6. The number of carbonyl (C=O) groups is 6. The van der Waals surface area contributed by atoms with Crippen molar-refractivity contribution in [1.29, 1.82) is 0 Å². The third-order valence-corrected chi connectivity index (χ3v) is 13.5. The number of esters is 3. The Morgan fingerprint density at radius 2 is 1.48 bits per heavy atom. The Labute approximate surface area is 469 Å². The van der Waals surface area contributed by atoms with Crippen molar-refractivity contribution in [1.82, 2.24) is 30.9 Å². The zero-order valence-corrected chi connectivity index (χ0v) is 47.2. The maximum absolute atomic E-state index is 14.1. The largest absolute Gasteiger partial charge is 0.463 e. The predicted molar refractivity (Wildman–Crippen MR) is 291 cm³/mol. The fourth-order valence-corrected chi connectivity index (χ4v) is 9.14. The molecule has 0 aliphatic carbocycles. The Balaban J connectivity index is 1.09. The SMILES string of the molecule is CC(=O)N[C@H]1[C@H](O[C@@H](OCCOCCn2cc(CNC(=O)c3ccc(/N=N/c4ccc(N(C)C)cc4)cc3)nn2)C(C)(Br)C(=O)NCCNc2cccc3c(S(=O)(=O)O)cccc23)O[C@H](COC(C)=O)[C@@H](OC(C)=O)[C@@H]1OC(C)=O. The number of ether oxygens (including phenoxy) is 7. The molecule has 1 fully saturated rings. The van der Waals surface area contributed by atoms with Gasteiger partial charge in [0.1, 0.15) is 29.3 Å². The van der Waals surface area contributed by atoms with Crippen molar-refractivity contribution >= 4 is 95.2 Å². The molecule has 1 aromatic heterocycles. The van der Waals surface area contributed by atoms with Gasteiger partial charge in [0.25, 0.3) is 16.0 Å². The van der Waals surface area contributed by atoms with E-state index in [1.165, 1.54) is 30.7 Å². The summed E-state index contributed by atoms with van der Waals surface area (Å²) in [7, 11) is -0.627. The van der Waals surface area contributed by atoms with E-state index in [-0.39, 0.29) is 62.2 Å². The van der Waals surface area contributed by atoms with Crippen molar-refractivity contribution in [3.8, 4) is 0 Å². The number of halogens is 1. The molecule has 80 heavy (non-hydrogen) atoms. The molecule has 26 nitrogen and oxygen atoms in total. The monoisotopic (exact) mass is 1190 g/mol. The number of hydrogen-bond donors (Lipinski definition) is 5. The fraction of sp³-hybridized carbons (Fsp3) is 0.423. The maximum atomic E-state index is 14.1. The van der Waals surface area contributed by atoms with E-state index in [9.17, 15) is 41.7 Å². The number of alkyl halides is 1. The summed E-state index contributed by atoms with van der Waals surface area (Å²) in [4.78, 5) is 78.4. The smallest absolute Gasteiger partial charge is 0.303 e. The molecule has 1 aliphatic heterocycles. The van der Waals surface area contributed by atoms with Gasteiger partial charge in [0, 0.05) is 82.6 Å². The van der Waals surface area contributed by atoms with Gasteiger partial charge in [-0.2, -0.15) is 18.6 Å². The minimum absolute atomic E-state index is 0.00552. The third kappa shape index (κ3) is 17.8. The fourth-order valence-electron chi connectivity index (χ4n) is 8.05. The second-order valence-corrected chi connectivity index (χ2v) is 21.4. The predicted octanol–water partition coefficient (Wildman–Crippen LogP) is 4.50. The van der Waals surface area contributed by atoms with Crippen LogP contribution in [0.3, 0.4) is 0 Å². The first kappa shape index (κ1) is 61.7. The van der Waals surface area contributed by atoms with E-state index >= 15 is 0 Å². The maximum Gasteiger partial charge on any atom is 0.303 e. The normalized spacial score (nSPS) is 18.3. The minimum atomic E-state index is -4.53. The van der Waals surface area contributed by atoms with Gasteiger partial charge in [-0.1, -0.05) is 45.4 Å². The highest BCUT2D eigenvalue weighted by Crippen LogP contribution is 2.34. The molecule has 1 aliphatic rings. The van der Waals surface area contributed by atoms with Crippen LogP contribution in [0.2, 0.25) is 0 Å². The number of azo groups is 1. The number of rotatable bonds is 27. The van der Waals surface area contributed by atoms with Crippen LogP contribution in [0.25, 0.3) is 10.8 Å². The topological polar surface area (TPSA) is 328 Å². The minimum Gasteiger partial charge on any atom is -0.463 e. The standard InChI is InChI=1S/C52H63BrN10O16S/c1-31(64)57-45-47(77-34(4)67)46(76-33(3)66)43(30-75-32(2)65)78-49(45)79-51(52(5,53)50(69)55-23-22-54-42-12-8-11-41-40(42)10-9-13-44(41)80(70,71)72)74-27-26-73-25-24-63-29-38(60-61-63)28-56-48(68)35-14-16-36(17-15-35)58-59-37-18-20-39(21-19-37)62(6)7/h8-21,29,43,45-47,49,51,54H,22-28,30H2,1-7H3,(H,55,69)(H,56,68)(H,57,64)(H,70,71,72)/b59-58+/t43-,45-,46-,47-,49+,51-,52?/m1/s1. The van der Waals surface area contributed by atoms with Gasteiger partial charge in [0.05, 0.1) is 50.5 Å². The summed E-state index contributed by atoms with van der Waals surface area (Å²) in [6.45, 7) is 5.67. The van der Waals surface area contributed by atoms with E-state index in [0.29, 0.717) is 33.7 Å². The third-order valence-electron chi connectivity index (χ3n) is 11.9. The van der Waals surface area contributed by atoms with E-state index in [0.717, 1.165) is 26.5 Å². The molecule has 0 spiro atoms. The zero-order valence-electron chi connectivity index (χ0n) is 44.8. The Bertz CT molecular complexity index is 3110. The number of carbonyl (C=O) groups excluding carboxylic acids is 6. The van der Waals surface area contributed by atoms with Gasteiger partial charge in [0.15, 0.2) is 29.1 Å². The molecule has 430 valence electrons. The number of anilines is 2. The lowest BCUT2D eigenvalue weighted by molar-refractivity contribution is -0.319. The van der Waals surface area contributed by atoms with Crippen LogP contribution >= 0.6 is 15.9 Å². The molecule has 0 radical (unpaired) electrons. The number of fused-ring (bicyclic) bond motifs is 1. The van der Waals surface area contributed by atoms with Gasteiger partial charge in [-0.05, 0) is 67.6 Å². The van der Waals surface area contributed by atoms with Crippen LogP contribution < -0.4 is 26.2 Å². The first-order valence-corrected chi connectivity index (χ1v) is 27.1. The van der Waals surface area contributed by atoms with E-state index in [4.69, 9.17) is 33.2 Å². The van der Waals surface area contributed by atoms with Crippen molar-refractivity contribution in [2.24, 2.45) is 10.2 Å². The van der Waals surface area contributed by atoms with E-state index in [1.807, 2.05) is 43.3 Å². The lowest BCUT2D eigenvalue weighted by Gasteiger charge is -2.46. The Hall–Kier alpha value is -7.47. The van der Waals surface area contributed by atoms with Crippen molar-refractivity contribution < 1.29 is 74.9 Å². The van der Waals surface area contributed by atoms with E-state index in [1.54, 1.807) is 54.7 Å². The summed E-state index contributed by atoms with van der Waals surface area (Å²) in [5, 5.41) is 28.9. The Morgan fingerprint density at radius 1 is 0.825 bits per heavy atom. The lowest BCUT2D eigenvalue weighted by Crippen LogP contribution is -2.67. The van der Waals surface area contributed by atoms with Crippen LogP contribution in [0.4, 0.5) is 22.7 Å². The molecule has 2 heterocycles. The molecule has 1 unspecified atom stereocenters. The molecule has 4 aromatic carbocycles. The van der Waals surface area contributed by atoms with Gasteiger partial charge < -0.3 is 59.3 Å². The second-order valence-electron chi connectivity index (χ2n) is 18.4. The highest BCUT2D eigenvalue weighted by Gasteiger charge is 2.54. The number of nitrogens with one attached hydrogen (secondary N) is 4. The van der Waals surface area contributed by atoms with Gasteiger partial charge in [-0.3, -0.25) is 33.3 Å². The summed E-state index contributed by atoms with van der Waals surface area (Å²) < 4.78 is 74.6. The number of amides is 3. The molecule has 3 amide bonds. The molecule has 1 saturated heterocycles. The molecular formula is C52H63BrN10O16S.